The van der Waals surface area contributed by atoms with Gasteiger partial charge in [-0.15, -0.1) is 12.4 Å². The highest BCUT2D eigenvalue weighted by molar-refractivity contribution is 6.16. The van der Waals surface area contributed by atoms with Crippen molar-refractivity contribution in [2.45, 2.75) is 58.2 Å². The van der Waals surface area contributed by atoms with Gasteiger partial charge in [-0.3, -0.25) is 14.6 Å². The smallest absolute Gasteiger partial charge is 0.251 e. The molecule has 2 aliphatic heterocycles. The number of aliphatic imine (C=N–C) groups is 1. The van der Waals surface area contributed by atoms with Gasteiger partial charge in [-0.25, -0.2) is 0 Å². The Bertz CT molecular complexity index is 1150. The molecule has 166 valence electrons. The third-order valence-electron chi connectivity index (χ3n) is 5.48. The number of hydrogen-bond acceptors (Lipinski definition) is 5. The summed E-state index contributed by atoms with van der Waals surface area (Å²) in [5, 5.41) is 0. The molecule has 8 heteroatoms. The summed E-state index contributed by atoms with van der Waals surface area (Å²) in [5.41, 5.74) is 9.14. The lowest BCUT2D eigenvalue weighted by atomic mass is 9.81. The van der Waals surface area contributed by atoms with Gasteiger partial charge in [-0.2, -0.15) is 0 Å². The molecule has 4 rings (SSSR count). The predicted octanol–water partition coefficient (Wildman–Crippen LogP) is 2.65. The highest BCUT2D eigenvalue weighted by Crippen LogP contribution is 2.47. The number of halogens is 1. The first-order valence-corrected chi connectivity index (χ1v) is 10.0. The molecule has 0 aliphatic carbocycles. The first-order chi connectivity index (χ1) is 14.0. The predicted molar refractivity (Wildman–Crippen MR) is 122 cm³/mol. The molecule has 0 radical (unpaired) electrons. The number of pyridine rings is 1. The Morgan fingerprint density at radius 1 is 1.26 bits per heavy atom. The summed E-state index contributed by atoms with van der Waals surface area (Å²) in [5.74, 6) is 0.908. The fourth-order valence-electron chi connectivity index (χ4n) is 4.39. The lowest BCUT2D eigenvalue weighted by Gasteiger charge is -2.31. The van der Waals surface area contributed by atoms with Crippen molar-refractivity contribution in [3.05, 3.63) is 57.0 Å². The van der Waals surface area contributed by atoms with Crippen LogP contribution in [0.5, 0.6) is 11.5 Å². The van der Waals surface area contributed by atoms with E-state index in [0.717, 1.165) is 52.3 Å². The van der Waals surface area contributed by atoms with Crippen LogP contribution in [0, 0.1) is 0 Å². The molecule has 2 aromatic rings. The Balaban J connectivity index is 0.00000272. The second kappa shape index (κ2) is 7.71. The van der Waals surface area contributed by atoms with E-state index >= 15 is 0 Å². The lowest BCUT2D eigenvalue weighted by Crippen LogP contribution is -2.32. The van der Waals surface area contributed by atoms with Gasteiger partial charge >= 0.3 is 0 Å². The summed E-state index contributed by atoms with van der Waals surface area (Å²) < 4.78 is 13.2. The van der Waals surface area contributed by atoms with E-state index in [-0.39, 0.29) is 35.7 Å². The third-order valence-corrected chi connectivity index (χ3v) is 5.48. The molecule has 31 heavy (non-hydrogen) atoms. The van der Waals surface area contributed by atoms with Gasteiger partial charge in [0.2, 0.25) is 5.91 Å². The van der Waals surface area contributed by atoms with E-state index in [1.54, 1.807) is 19.4 Å². The molecule has 0 unspecified atom stereocenters. The Hall–Kier alpha value is -2.80. The van der Waals surface area contributed by atoms with Crippen LogP contribution in [0.3, 0.4) is 0 Å². The number of hydrogen-bond donors (Lipinski definition) is 1. The third kappa shape index (κ3) is 4.19. The van der Waals surface area contributed by atoms with Crippen LogP contribution >= 0.6 is 12.4 Å². The molecular weight excluding hydrogens is 418 g/mol. The Kier molecular flexibility index (Phi) is 5.69. The minimum Gasteiger partial charge on any atom is -0.493 e. The van der Waals surface area contributed by atoms with E-state index in [1.165, 1.54) is 10.6 Å². The monoisotopic (exact) mass is 445 g/mol. The van der Waals surface area contributed by atoms with Crippen LogP contribution in [0.25, 0.3) is 0 Å². The maximum Gasteiger partial charge on any atom is 0.251 e. The van der Waals surface area contributed by atoms with Crippen molar-refractivity contribution < 1.29 is 14.3 Å². The highest BCUT2D eigenvalue weighted by atomic mass is 35.5. The molecule has 0 spiro atoms. The minimum atomic E-state index is -0.568. The quantitative estimate of drug-likeness (QED) is 0.782. The number of nitrogens with two attached hydrogens (primary N) is 1. The summed E-state index contributed by atoms with van der Waals surface area (Å²) in [7, 11) is 1.65. The van der Waals surface area contributed by atoms with Crippen LogP contribution in [0.2, 0.25) is 0 Å². The van der Waals surface area contributed by atoms with Crippen LogP contribution in [-0.2, 0) is 24.2 Å². The summed E-state index contributed by atoms with van der Waals surface area (Å²) >= 11 is 0. The molecule has 2 aliphatic rings. The largest absolute Gasteiger partial charge is 0.493 e. The fourth-order valence-corrected chi connectivity index (χ4v) is 4.39. The molecule has 0 fully saturated rings. The van der Waals surface area contributed by atoms with Crippen LogP contribution in [0.4, 0.5) is 0 Å². The second-order valence-corrected chi connectivity index (χ2v) is 9.26. The number of primary amides is 1. The van der Waals surface area contributed by atoms with E-state index in [9.17, 15) is 9.59 Å². The van der Waals surface area contributed by atoms with E-state index < -0.39 is 5.91 Å². The Morgan fingerprint density at radius 3 is 2.61 bits per heavy atom. The number of carbonyl (C=O) groups is 1. The van der Waals surface area contributed by atoms with Crippen molar-refractivity contribution in [2.75, 3.05) is 7.11 Å². The first-order valence-electron chi connectivity index (χ1n) is 10.0. The van der Waals surface area contributed by atoms with Gasteiger partial charge in [0, 0.05) is 35.4 Å². The molecular formula is C23H28ClN3O4. The van der Waals surface area contributed by atoms with E-state index in [2.05, 4.69) is 27.7 Å². The number of benzene rings is 1. The van der Waals surface area contributed by atoms with Gasteiger partial charge in [0.05, 0.1) is 18.4 Å². The van der Waals surface area contributed by atoms with E-state index in [1.807, 2.05) is 6.07 Å². The van der Waals surface area contributed by atoms with Crippen molar-refractivity contribution in [2.24, 2.45) is 10.7 Å². The molecule has 0 atom stereocenters. The molecule has 1 aromatic carbocycles. The summed E-state index contributed by atoms with van der Waals surface area (Å²) in [6.45, 7) is 8.09. The average Bonchev–Trinajstić information content (AvgIpc) is 2.95. The van der Waals surface area contributed by atoms with Crippen LogP contribution in [0.1, 0.15) is 49.9 Å². The van der Waals surface area contributed by atoms with Gasteiger partial charge in [-0.05, 0) is 51.8 Å². The van der Waals surface area contributed by atoms with Crippen LogP contribution < -0.4 is 20.8 Å². The molecule has 3 heterocycles. The van der Waals surface area contributed by atoms with E-state index in [4.69, 9.17) is 20.2 Å². The van der Waals surface area contributed by atoms with Crippen molar-refractivity contribution >= 4 is 24.0 Å². The first kappa shape index (κ1) is 22.9. The number of aromatic nitrogens is 1. The second-order valence-electron chi connectivity index (χ2n) is 9.26. The molecule has 0 bridgehead atoms. The maximum atomic E-state index is 12.2. The van der Waals surface area contributed by atoms with Crippen LogP contribution in [0.15, 0.2) is 34.2 Å². The normalized spacial score (nSPS) is 17.5. The van der Waals surface area contributed by atoms with E-state index in [0.29, 0.717) is 0 Å². The van der Waals surface area contributed by atoms with Crippen molar-refractivity contribution in [1.29, 1.82) is 0 Å². The number of methoxy groups -OCH3 is 1. The zero-order valence-corrected chi connectivity index (χ0v) is 19.3. The summed E-state index contributed by atoms with van der Waals surface area (Å²) in [4.78, 5) is 28.6. The number of carbonyl (C=O) groups excluding carboxylic acids is 1. The molecule has 0 saturated heterocycles. The van der Waals surface area contributed by atoms with Gasteiger partial charge < -0.3 is 19.8 Å². The molecule has 0 saturated carbocycles. The summed E-state index contributed by atoms with van der Waals surface area (Å²) in [6.07, 6.45) is 3.15. The SMILES string of the molecule is COc1cc2c(c3c1OC(C)(C)C3)C(c1ccc(=O)n(CC(N)=O)c1)=NC(C)(C)C2.Cl. The maximum absolute atomic E-state index is 12.2. The topological polar surface area (TPSA) is 95.9 Å². The standard InChI is InChI=1S/C23H27N3O4.ClH/c1-22(2)9-14-8-16(29-5)21-15(10-23(3,4)30-21)19(14)20(25-22)13-6-7-18(28)26(11-13)12-17(24)27;/h6-8,11H,9-10,12H2,1-5H3,(H2,24,27);1H. The van der Waals surface area contributed by atoms with Crippen molar-refractivity contribution in [3.63, 3.8) is 0 Å². The van der Waals surface area contributed by atoms with Gasteiger partial charge in [-0.1, -0.05) is 0 Å². The Labute approximate surface area is 187 Å². The van der Waals surface area contributed by atoms with Crippen LogP contribution in [-0.4, -0.2) is 34.4 Å². The number of ether oxygens (including phenoxy) is 2. The fraction of sp³-hybridized carbons (Fsp3) is 0.435. The van der Waals surface area contributed by atoms with Gasteiger partial charge in [0.15, 0.2) is 11.5 Å². The number of amides is 1. The minimum absolute atomic E-state index is 0. The zero-order valence-electron chi connectivity index (χ0n) is 18.4. The van der Waals surface area contributed by atoms with Crippen molar-refractivity contribution in [3.8, 4) is 11.5 Å². The lowest BCUT2D eigenvalue weighted by molar-refractivity contribution is -0.118. The molecule has 1 aromatic heterocycles. The molecule has 1 amide bonds. The summed E-state index contributed by atoms with van der Waals surface area (Å²) in [6, 6.07) is 5.24. The average molecular weight is 446 g/mol. The number of nitrogens with zero attached hydrogens (tertiary/aromatic N) is 2. The Morgan fingerprint density at radius 2 is 1.97 bits per heavy atom. The molecule has 2 N–H and O–H groups in total. The molecule has 7 nitrogen and oxygen atoms in total. The van der Waals surface area contributed by atoms with Gasteiger partial charge in [0.1, 0.15) is 12.1 Å². The number of rotatable bonds is 4. The highest BCUT2D eigenvalue weighted by Gasteiger charge is 2.39. The zero-order chi connectivity index (χ0) is 21.8. The number of fused-ring (bicyclic) bond motifs is 3. The van der Waals surface area contributed by atoms with Crippen molar-refractivity contribution in [1.82, 2.24) is 4.57 Å². The van der Waals surface area contributed by atoms with Gasteiger partial charge in [0.25, 0.3) is 5.56 Å².